The molecule has 7 nitrogen and oxygen atoms in total. The van der Waals surface area contributed by atoms with E-state index in [1.165, 1.54) is 0 Å². The first kappa shape index (κ1) is 16.1. The van der Waals surface area contributed by atoms with Gasteiger partial charge in [-0.05, 0) is 29.8 Å². The van der Waals surface area contributed by atoms with Crippen LogP contribution in [0.15, 0.2) is 55.0 Å². The molecule has 1 aliphatic heterocycles. The molecular weight excluding hydrogens is 332 g/mol. The Balaban J connectivity index is 1.61. The number of aromatic nitrogens is 3. The van der Waals surface area contributed by atoms with Gasteiger partial charge >= 0.3 is 0 Å². The maximum atomic E-state index is 13.0. The smallest absolute Gasteiger partial charge is 0.273 e. The van der Waals surface area contributed by atoms with Crippen LogP contribution in [0.2, 0.25) is 0 Å². The van der Waals surface area contributed by atoms with Gasteiger partial charge in [-0.2, -0.15) is 0 Å². The van der Waals surface area contributed by atoms with Crippen molar-refractivity contribution in [2.45, 2.75) is 13.1 Å². The van der Waals surface area contributed by atoms with Gasteiger partial charge in [-0.15, -0.1) is 0 Å². The summed E-state index contributed by atoms with van der Waals surface area (Å²) in [5.41, 5.74) is 1.36. The van der Waals surface area contributed by atoms with Crippen molar-refractivity contribution >= 4 is 5.91 Å². The van der Waals surface area contributed by atoms with Gasteiger partial charge in [-0.3, -0.25) is 9.78 Å². The van der Waals surface area contributed by atoms with E-state index in [0.29, 0.717) is 24.5 Å². The van der Waals surface area contributed by atoms with Gasteiger partial charge in [0.15, 0.2) is 11.5 Å². The van der Waals surface area contributed by atoms with Gasteiger partial charge in [-0.25, -0.2) is 4.98 Å². The number of ether oxygens (including phenoxy) is 2. The van der Waals surface area contributed by atoms with Crippen molar-refractivity contribution in [3.63, 3.8) is 0 Å². The number of benzene rings is 1. The fraction of sp³-hybridized carbons (Fsp3) is 0.211. The molecule has 1 amide bonds. The van der Waals surface area contributed by atoms with Crippen LogP contribution in [0.1, 0.15) is 21.9 Å². The largest absolute Gasteiger partial charge is 0.454 e. The zero-order chi connectivity index (χ0) is 17.9. The number of fused-ring (bicyclic) bond motifs is 1. The summed E-state index contributed by atoms with van der Waals surface area (Å²) in [6.45, 7) is 1.02. The van der Waals surface area contributed by atoms with Crippen LogP contribution in [0.25, 0.3) is 0 Å². The molecule has 0 saturated heterocycles. The minimum absolute atomic E-state index is 0.147. The summed E-state index contributed by atoms with van der Waals surface area (Å²) in [7, 11) is 1.91. The minimum atomic E-state index is -0.147. The highest BCUT2D eigenvalue weighted by atomic mass is 16.7. The van der Waals surface area contributed by atoms with E-state index in [2.05, 4.69) is 9.97 Å². The molecular formula is C19H18N4O3. The first-order valence-electron chi connectivity index (χ1n) is 8.26. The van der Waals surface area contributed by atoms with Crippen molar-refractivity contribution in [3.8, 4) is 11.5 Å². The highest BCUT2D eigenvalue weighted by molar-refractivity contribution is 5.92. The lowest BCUT2D eigenvalue weighted by molar-refractivity contribution is 0.0718. The number of carbonyl (C=O) groups is 1. The molecule has 132 valence electrons. The van der Waals surface area contributed by atoms with Crippen molar-refractivity contribution in [3.05, 3.63) is 72.1 Å². The maximum absolute atomic E-state index is 13.0. The Kier molecular flexibility index (Phi) is 4.27. The van der Waals surface area contributed by atoms with E-state index in [1.54, 1.807) is 35.5 Å². The van der Waals surface area contributed by atoms with Crippen LogP contribution in [-0.4, -0.2) is 32.1 Å². The second-order valence-corrected chi connectivity index (χ2v) is 6.02. The van der Waals surface area contributed by atoms with Crippen LogP contribution in [0, 0.1) is 0 Å². The normalized spacial score (nSPS) is 12.2. The standard InChI is InChI=1S/C19H18N4O3/c1-22-9-8-21-18(22)12-23(19(24)15-4-2-3-7-20-15)11-14-5-6-16-17(10-14)26-13-25-16/h2-10H,11-13H2,1H3. The highest BCUT2D eigenvalue weighted by Crippen LogP contribution is 2.33. The second-order valence-electron chi connectivity index (χ2n) is 6.02. The number of carbonyl (C=O) groups excluding carboxylic acids is 1. The van der Waals surface area contributed by atoms with Crippen LogP contribution in [0.5, 0.6) is 11.5 Å². The van der Waals surface area contributed by atoms with E-state index < -0.39 is 0 Å². The van der Waals surface area contributed by atoms with E-state index in [-0.39, 0.29) is 12.7 Å². The molecule has 7 heteroatoms. The molecule has 0 fully saturated rings. The SMILES string of the molecule is Cn1ccnc1CN(Cc1ccc2c(c1)OCO2)C(=O)c1ccccn1. The molecule has 0 spiro atoms. The van der Waals surface area contributed by atoms with Crippen LogP contribution < -0.4 is 9.47 Å². The van der Waals surface area contributed by atoms with Crippen LogP contribution in [0.3, 0.4) is 0 Å². The third-order valence-corrected chi connectivity index (χ3v) is 4.23. The van der Waals surface area contributed by atoms with Crippen LogP contribution in [0.4, 0.5) is 0 Å². The molecule has 1 aromatic carbocycles. The molecule has 4 rings (SSSR count). The van der Waals surface area contributed by atoms with Gasteiger partial charge < -0.3 is 18.9 Å². The molecule has 0 saturated carbocycles. The van der Waals surface area contributed by atoms with Crippen molar-refractivity contribution in [2.75, 3.05) is 6.79 Å². The van der Waals surface area contributed by atoms with Gasteiger partial charge in [-0.1, -0.05) is 12.1 Å². The molecule has 0 bridgehead atoms. The Hall–Kier alpha value is -3.35. The van der Waals surface area contributed by atoms with E-state index in [4.69, 9.17) is 9.47 Å². The van der Waals surface area contributed by atoms with Crippen LogP contribution >= 0.6 is 0 Å². The average molecular weight is 350 g/mol. The number of pyridine rings is 1. The number of rotatable bonds is 5. The number of nitrogens with zero attached hydrogens (tertiary/aromatic N) is 4. The summed E-state index contributed by atoms with van der Waals surface area (Å²) in [4.78, 5) is 23.2. The number of amides is 1. The van der Waals surface area contributed by atoms with E-state index >= 15 is 0 Å². The molecule has 0 N–H and O–H groups in total. The number of hydrogen-bond donors (Lipinski definition) is 0. The van der Waals surface area contributed by atoms with Gasteiger partial charge in [0.05, 0.1) is 6.54 Å². The molecule has 0 aliphatic carbocycles. The monoisotopic (exact) mass is 350 g/mol. The quantitative estimate of drug-likeness (QED) is 0.707. The Labute approximate surface area is 150 Å². The number of imidazole rings is 1. The first-order valence-corrected chi connectivity index (χ1v) is 8.26. The molecule has 0 atom stereocenters. The van der Waals surface area contributed by atoms with Crippen molar-refractivity contribution < 1.29 is 14.3 Å². The lowest BCUT2D eigenvalue weighted by atomic mass is 10.1. The Morgan fingerprint density at radius 1 is 1.12 bits per heavy atom. The van der Waals surface area contributed by atoms with E-state index in [1.807, 2.05) is 36.0 Å². The minimum Gasteiger partial charge on any atom is -0.454 e. The van der Waals surface area contributed by atoms with Crippen molar-refractivity contribution in [1.29, 1.82) is 0 Å². The van der Waals surface area contributed by atoms with Crippen LogP contribution in [-0.2, 0) is 20.1 Å². The predicted octanol–water partition coefficient (Wildman–Crippen LogP) is 2.39. The average Bonchev–Trinajstić information content (AvgIpc) is 3.30. The van der Waals surface area contributed by atoms with Crippen molar-refractivity contribution in [1.82, 2.24) is 19.4 Å². The second kappa shape index (κ2) is 6.87. The third kappa shape index (κ3) is 3.23. The molecule has 3 heterocycles. The van der Waals surface area contributed by atoms with Crippen molar-refractivity contribution in [2.24, 2.45) is 7.05 Å². The molecule has 1 aliphatic rings. The highest BCUT2D eigenvalue weighted by Gasteiger charge is 2.21. The Morgan fingerprint density at radius 3 is 2.77 bits per heavy atom. The van der Waals surface area contributed by atoms with E-state index in [0.717, 1.165) is 17.1 Å². The summed E-state index contributed by atoms with van der Waals surface area (Å²) < 4.78 is 12.7. The fourth-order valence-corrected chi connectivity index (χ4v) is 2.83. The molecule has 0 unspecified atom stereocenters. The summed E-state index contributed by atoms with van der Waals surface area (Å²) in [6, 6.07) is 11.0. The summed E-state index contributed by atoms with van der Waals surface area (Å²) >= 11 is 0. The number of hydrogen-bond acceptors (Lipinski definition) is 5. The molecule has 2 aromatic heterocycles. The Morgan fingerprint density at radius 2 is 2.00 bits per heavy atom. The Bertz CT molecular complexity index is 924. The molecule has 3 aromatic rings. The summed E-state index contributed by atoms with van der Waals surface area (Å²) in [5.74, 6) is 2.08. The summed E-state index contributed by atoms with van der Waals surface area (Å²) in [6.07, 6.45) is 5.20. The van der Waals surface area contributed by atoms with Gasteiger partial charge in [0, 0.05) is 32.2 Å². The van der Waals surface area contributed by atoms with Gasteiger partial charge in [0.25, 0.3) is 5.91 Å². The zero-order valence-electron chi connectivity index (χ0n) is 14.3. The van der Waals surface area contributed by atoms with Gasteiger partial charge in [0.1, 0.15) is 11.5 Å². The maximum Gasteiger partial charge on any atom is 0.273 e. The van der Waals surface area contributed by atoms with E-state index in [9.17, 15) is 4.79 Å². The predicted molar refractivity (Wildman–Crippen MR) is 93.6 cm³/mol. The lowest BCUT2D eigenvalue weighted by Crippen LogP contribution is -2.31. The number of aryl methyl sites for hydroxylation is 1. The molecule has 0 radical (unpaired) electrons. The first-order chi connectivity index (χ1) is 12.7. The lowest BCUT2D eigenvalue weighted by Gasteiger charge is -2.22. The molecule has 26 heavy (non-hydrogen) atoms. The van der Waals surface area contributed by atoms with Gasteiger partial charge in [0.2, 0.25) is 6.79 Å². The topological polar surface area (TPSA) is 69.5 Å². The third-order valence-electron chi connectivity index (χ3n) is 4.23. The summed E-state index contributed by atoms with van der Waals surface area (Å²) in [5, 5.41) is 0. The fourth-order valence-electron chi connectivity index (χ4n) is 2.83. The zero-order valence-corrected chi connectivity index (χ0v) is 14.3.